The zero-order valence-corrected chi connectivity index (χ0v) is 37.6. The second-order valence-corrected chi connectivity index (χ2v) is 15.7. The van der Waals surface area contributed by atoms with Crippen LogP contribution >= 0.6 is 11.6 Å². The molecular weight excluding hydrogens is 818 g/mol. The number of nitrogens with zero attached hydrogens (tertiary/aromatic N) is 4. The van der Waals surface area contributed by atoms with Crippen molar-refractivity contribution in [3.63, 3.8) is 0 Å². The van der Waals surface area contributed by atoms with Crippen LogP contribution in [0.2, 0.25) is 5.02 Å². The molecule has 1 aliphatic rings. The van der Waals surface area contributed by atoms with Crippen molar-refractivity contribution in [1.29, 1.82) is 5.26 Å². The van der Waals surface area contributed by atoms with E-state index in [-0.39, 0.29) is 18.8 Å². The number of allylic oxidation sites excluding steroid dienone is 7. The van der Waals surface area contributed by atoms with Crippen LogP contribution in [0.1, 0.15) is 76.6 Å². The minimum Gasteiger partial charge on any atom is -0.494 e. The molecule has 0 aliphatic carbocycles. The summed E-state index contributed by atoms with van der Waals surface area (Å²) in [5.41, 5.74) is 7.52. The molecule has 1 aliphatic heterocycles. The second kappa shape index (κ2) is 25.5. The molecule has 1 unspecified atom stereocenters. The average Bonchev–Trinajstić information content (AvgIpc) is 3.58. The third-order valence-electron chi connectivity index (χ3n) is 9.53. The summed E-state index contributed by atoms with van der Waals surface area (Å²) >= 11 is 6.53. The summed E-state index contributed by atoms with van der Waals surface area (Å²) in [6.07, 6.45) is 17.7. The Bertz CT molecular complexity index is 2410. The largest absolute Gasteiger partial charge is 0.494 e. The number of hydrogen-bond donors (Lipinski definition) is 2. The van der Waals surface area contributed by atoms with E-state index in [0.717, 1.165) is 31.2 Å². The number of cyclic esters (lactones) is 1. The Labute approximate surface area is 375 Å². The number of aldehydes is 1. The Hall–Kier alpha value is -6.39. The molecule has 0 radical (unpaired) electrons. The number of esters is 1. The van der Waals surface area contributed by atoms with Gasteiger partial charge in [0, 0.05) is 59.7 Å². The predicted molar refractivity (Wildman–Crippen MR) is 248 cm³/mol. The number of pyridine rings is 2. The summed E-state index contributed by atoms with van der Waals surface area (Å²) in [5.74, 6) is 0.519. The number of nitriles is 1. The number of hydrogen-bond acceptors (Lipinski definition) is 12. The number of likely N-dealkylation sites (N-methyl/N-ethyl adjacent to an activating group) is 1. The van der Waals surface area contributed by atoms with Gasteiger partial charge in [-0.1, -0.05) is 53.1 Å². The minimum atomic E-state index is -1.18. The molecule has 0 bridgehead atoms. The van der Waals surface area contributed by atoms with Gasteiger partial charge in [-0.15, -0.1) is 0 Å². The Morgan fingerprint density at radius 2 is 1.83 bits per heavy atom. The number of rotatable bonds is 21. The highest BCUT2D eigenvalue weighted by atomic mass is 35.5. The van der Waals surface area contributed by atoms with Crippen LogP contribution in [0.5, 0.6) is 11.5 Å². The lowest BCUT2D eigenvalue weighted by Gasteiger charge is -2.16. The molecule has 2 aromatic heterocycles. The summed E-state index contributed by atoms with van der Waals surface area (Å²) < 4.78 is 16.3. The molecular formula is C50H56ClN5O7. The lowest BCUT2D eigenvalue weighted by Crippen LogP contribution is -2.11. The molecule has 5 rings (SSSR count). The first-order chi connectivity index (χ1) is 30.3. The summed E-state index contributed by atoms with van der Waals surface area (Å²) in [5, 5.41) is 23.8. The van der Waals surface area contributed by atoms with Crippen molar-refractivity contribution in [2.75, 3.05) is 32.6 Å². The van der Waals surface area contributed by atoms with Gasteiger partial charge in [-0.3, -0.25) is 19.6 Å². The lowest BCUT2D eigenvalue weighted by atomic mass is 10.0. The van der Waals surface area contributed by atoms with E-state index in [1.807, 2.05) is 62.3 Å². The molecule has 4 aromatic rings. The number of aromatic nitrogens is 2. The Balaban J connectivity index is 0.000000323. The van der Waals surface area contributed by atoms with Gasteiger partial charge in [-0.25, -0.2) is 4.79 Å². The number of ether oxygens (including phenoxy) is 3. The van der Waals surface area contributed by atoms with Gasteiger partial charge in [-0.05, 0) is 122 Å². The van der Waals surface area contributed by atoms with E-state index in [4.69, 9.17) is 21.1 Å². The van der Waals surface area contributed by atoms with Crippen LogP contribution in [0.3, 0.4) is 0 Å². The minimum absolute atomic E-state index is 0.0471. The fraction of sp³-hybridized carbons (Fsp3) is 0.320. The summed E-state index contributed by atoms with van der Waals surface area (Å²) in [6.45, 7) is 9.57. The number of fused-ring (bicyclic) bond motifs is 1. The SMILES string of the molecule is CC(C)=CCC/C(C)=C/CC/C(C=O)=C\CC1=CC(=O)OC1O.CCOc1cc2ncc(C#N)c(Nc3ccc(OCc4ccccn4)c(Cl)c3)c2cc1CC(=O)/C=C/CN(C)C. The van der Waals surface area contributed by atoms with E-state index in [2.05, 4.69) is 59.0 Å². The van der Waals surface area contributed by atoms with Crippen LogP contribution in [-0.2, 0) is 32.1 Å². The molecule has 0 fully saturated rings. The van der Waals surface area contributed by atoms with E-state index >= 15 is 0 Å². The first kappa shape index (κ1) is 49.3. The average molecular weight is 874 g/mol. The van der Waals surface area contributed by atoms with E-state index in [1.54, 1.807) is 36.5 Å². The molecule has 2 N–H and O–H groups in total. The van der Waals surface area contributed by atoms with Crippen molar-refractivity contribution in [1.82, 2.24) is 14.9 Å². The van der Waals surface area contributed by atoms with Gasteiger partial charge in [0.25, 0.3) is 0 Å². The number of benzene rings is 2. The normalized spacial score (nSPS) is 13.8. The van der Waals surface area contributed by atoms with Crippen molar-refractivity contribution in [2.45, 2.75) is 79.1 Å². The van der Waals surface area contributed by atoms with Gasteiger partial charge in [0.2, 0.25) is 6.29 Å². The maximum atomic E-state index is 12.7. The Morgan fingerprint density at radius 1 is 1.03 bits per heavy atom. The van der Waals surface area contributed by atoms with Gasteiger partial charge >= 0.3 is 5.97 Å². The fourth-order valence-corrected chi connectivity index (χ4v) is 6.50. The monoisotopic (exact) mass is 873 g/mol. The van der Waals surface area contributed by atoms with E-state index in [0.29, 0.717) is 87.1 Å². The van der Waals surface area contributed by atoms with Crippen LogP contribution in [0.15, 0.2) is 120 Å². The molecule has 13 heteroatoms. The second-order valence-electron chi connectivity index (χ2n) is 15.3. The third-order valence-corrected chi connectivity index (χ3v) is 9.82. The topological polar surface area (TPSA) is 164 Å². The third kappa shape index (κ3) is 16.4. The van der Waals surface area contributed by atoms with Crippen LogP contribution in [0, 0.1) is 11.3 Å². The molecule has 0 saturated heterocycles. The molecule has 12 nitrogen and oxygen atoms in total. The van der Waals surface area contributed by atoms with Crippen LogP contribution in [0.4, 0.5) is 11.4 Å². The summed E-state index contributed by atoms with van der Waals surface area (Å²) in [6, 6.07) is 16.8. The number of halogens is 1. The first-order valence-corrected chi connectivity index (χ1v) is 21.1. The van der Waals surface area contributed by atoms with E-state index in [9.17, 15) is 24.8 Å². The van der Waals surface area contributed by atoms with Gasteiger partial charge < -0.3 is 29.5 Å². The summed E-state index contributed by atoms with van der Waals surface area (Å²) in [4.78, 5) is 45.5. The predicted octanol–water partition coefficient (Wildman–Crippen LogP) is 9.88. The molecule has 1 atom stereocenters. The maximum absolute atomic E-state index is 12.7. The number of ketones is 1. The first-order valence-electron chi connectivity index (χ1n) is 20.7. The number of aliphatic hydroxyl groups is 1. The zero-order chi connectivity index (χ0) is 45.7. The lowest BCUT2D eigenvalue weighted by molar-refractivity contribution is -0.151. The van der Waals surface area contributed by atoms with Crippen molar-refractivity contribution < 1.29 is 33.7 Å². The highest BCUT2D eigenvalue weighted by molar-refractivity contribution is 6.32. The fourth-order valence-electron chi connectivity index (χ4n) is 6.26. The van der Waals surface area contributed by atoms with Crippen molar-refractivity contribution in [2.24, 2.45) is 0 Å². The molecule has 0 amide bonds. The molecule has 330 valence electrons. The van der Waals surface area contributed by atoms with Crippen molar-refractivity contribution in [3.8, 4) is 17.6 Å². The van der Waals surface area contributed by atoms with Crippen molar-refractivity contribution in [3.05, 3.63) is 142 Å². The summed E-state index contributed by atoms with van der Waals surface area (Å²) in [7, 11) is 3.88. The van der Waals surface area contributed by atoms with Crippen LogP contribution < -0.4 is 14.8 Å². The number of carbonyl (C=O) groups is 3. The number of aliphatic hydroxyl groups excluding tert-OH is 1. The maximum Gasteiger partial charge on any atom is 0.333 e. The Morgan fingerprint density at radius 3 is 2.48 bits per heavy atom. The van der Waals surface area contributed by atoms with Gasteiger partial charge in [0.1, 0.15) is 30.5 Å². The molecule has 0 saturated carbocycles. The van der Waals surface area contributed by atoms with E-state index < -0.39 is 12.3 Å². The molecule has 2 aromatic carbocycles. The standard InChI is InChI=1S/C31H30ClN5O3.C19H26O4/c1-4-39-30-17-28-26(15-21(30)14-25(38)9-7-13-37(2)3)31(22(18-33)19-35-28)36-23-10-11-29(27(32)16-23)40-20-24-8-5-6-12-34-24;1-14(2)6-4-7-15(3)8-5-9-16(13-20)10-11-17-12-18(21)23-19(17)22/h5-12,15-17,19H,4,13-14,20H2,1-3H3,(H,35,36);6,8,10,12-13,19,22H,4-5,7,9,11H2,1-3H3/b9-7+;15-8+,16-10+. The quantitative estimate of drug-likeness (QED) is 0.0353. The Kier molecular flexibility index (Phi) is 20.0. The van der Waals surface area contributed by atoms with Crippen LogP contribution in [-0.4, -0.2) is 71.6 Å². The van der Waals surface area contributed by atoms with Gasteiger partial charge in [0.15, 0.2) is 5.78 Å². The highest BCUT2D eigenvalue weighted by Gasteiger charge is 2.22. The zero-order valence-electron chi connectivity index (χ0n) is 36.8. The molecule has 3 heterocycles. The molecule has 63 heavy (non-hydrogen) atoms. The van der Waals surface area contributed by atoms with Gasteiger partial charge in [0.05, 0.1) is 34.1 Å². The number of anilines is 2. The van der Waals surface area contributed by atoms with Crippen molar-refractivity contribution >= 4 is 51.9 Å². The highest BCUT2D eigenvalue weighted by Crippen LogP contribution is 2.36. The smallest absolute Gasteiger partial charge is 0.333 e. The van der Waals surface area contributed by atoms with E-state index in [1.165, 1.54) is 23.4 Å². The number of carbonyl (C=O) groups excluding carboxylic acids is 3. The number of nitrogens with one attached hydrogen (secondary N) is 1. The van der Waals surface area contributed by atoms with Crippen LogP contribution in [0.25, 0.3) is 10.9 Å². The molecule has 0 spiro atoms. The van der Waals surface area contributed by atoms with Gasteiger partial charge in [-0.2, -0.15) is 5.26 Å².